The van der Waals surface area contributed by atoms with E-state index >= 15 is 0 Å². The van der Waals surface area contributed by atoms with E-state index in [1.54, 1.807) is 37.3 Å². The Labute approximate surface area is 175 Å². The molecule has 0 spiro atoms. The smallest absolute Gasteiger partial charge is 0.262 e. The van der Waals surface area contributed by atoms with E-state index in [9.17, 15) is 14.9 Å². The number of rotatable bonds is 7. The van der Waals surface area contributed by atoms with Crippen LogP contribution in [0, 0.1) is 11.3 Å². The minimum atomic E-state index is -0.561. The number of nitrogens with one attached hydrogen (secondary N) is 1. The molecule has 0 aromatic heterocycles. The predicted molar refractivity (Wildman–Crippen MR) is 113 cm³/mol. The van der Waals surface area contributed by atoms with Crippen molar-refractivity contribution in [2.75, 3.05) is 32.2 Å². The Kier molecular flexibility index (Phi) is 6.38. The highest BCUT2D eigenvalue weighted by Gasteiger charge is 2.35. The van der Waals surface area contributed by atoms with Gasteiger partial charge in [0.1, 0.15) is 11.6 Å². The van der Waals surface area contributed by atoms with Crippen LogP contribution in [-0.4, -0.2) is 39.1 Å². The highest BCUT2D eigenvalue weighted by atomic mass is 16.5. The van der Waals surface area contributed by atoms with Crippen LogP contribution >= 0.6 is 0 Å². The third-order valence-electron chi connectivity index (χ3n) is 4.98. The molecule has 30 heavy (non-hydrogen) atoms. The lowest BCUT2D eigenvalue weighted by Gasteiger charge is -2.13. The maximum atomic E-state index is 12.8. The monoisotopic (exact) mass is 405 g/mol. The van der Waals surface area contributed by atoms with E-state index in [1.807, 2.05) is 37.3 Å². The topological polar surface area (TPSA) is 91.7 Å². The summed E-state index contributed by atoms with van der Waals surface area (Å²) in [6, 6.07) is 14.6. The summed E-state index contributed by atoms with van der Waals surface area (Å²) in [7, 11) is 3.13. The molecule has 1 aliphatic rings. The van der Waals surface area contributed by atoms with Crippen LogP contribution in [0.5, 0.6) is 11.5 Å². The fraction of sp³-hybridized carbons (Fsp3) is 0.261. The molecule has 0 unspecified atom stereocenters. The van der Waals surface area contributed by atoms with Crippen LogP contribution in [0.25, 0.3) is 5.57 Å². The van der Waals surface area contributed by atoms with E-state index in [1.165, 1.54) is 0 Å². The fourth-order valence-electron chi connectivity index (χ4n) is 3.50. The summed E-state index contributed by atoms with van der Waals surface area (Å²) in [6.07, 6.45) is 0.533. The molecule has 154 valence electrons. The molecule has 0 saturated carbocycles. The summed E-state index contributed by atoms with van der Waals surface area (Å²) in [5.41, 5.74) is 2.25. The number of para-hydroxylation sites is 1. The van der Waals surface area contributed by atoms with Gasteiger partial charge < -0.3 is 19.7 Å². The van der Waals surface area contributed by atoms with Gasteiger partial charge in [-0.3, -0.25) is 9.59 Å². The Balaban J connectivity index is 1.78. The summed E-state index contributed by atoms with van der Waals surface area (Å²) in [5, 5.41) is 12.4. The Hall–Kier alpha value is -3.79. The minimum absolute atomic E-state index is 0.151. The molecular weight excluding hydrogens is 382 g/mol. The summed E-state index contributed by atoms with van der Waals surface area (Å²) in [5.74, 6) is 0.342. The third-order valence-corrected chi connectivity index (χ3v) is 4.98. The zero-order valence-electron chi connectivity index (χ0n) is 17.2. The summed E-state index contributed by atoms with van der Waals surface area (Å²) in [6.45, 7) is 2.62. The minimum Gasteiger partial charge on any atom is -0.493 e. The van der Waals surface area contributed by atoms with Crippen molar-refractivity contribution in [1.82, 2.24) is 5.32 Å². The number of nitriles is 1. The normalized spacial score (nSPS) is 14.1. The Morgan fingerprint density at radius 3 is 2.53 bits per heavy atom. The van der Waals surface area contributed by atoms with Crippen molar-refractivity contribution in [2.24, 2.45) is 0 Å². The zero-order valence-corrected chi connectivity index (χ0v) is 17.2. The number of methoxy groups -OCH3 is 2. The van der Waals surface area contributed by atoms with Gasteiger partial charge in [0.2, 0.25) is 0 Å². The van der Waals surface area contributed by atoms with Gasteiger partial charge in [-0.2, -0.15) is 5.26 Å². The predicted octanol–water partition coefficient (Wildman–Crippen LogP) is 2.71. The quantitative estimate of drug-likeness (QED) is 0.565. The van der Waals surface area contributed by atoms with Crippen LogP contribution in [0.3, 0.4) is 0 Å². The van der Waals surface area contributed by atoms with Crippen LogP contribution in [0.4, 0.5) is 5.69 Å². The number of carbonyl (C=O) groups excluding carboxylic acids is 2. The first-order valence-corrected chi connectivity index (χ1v) is 9.60. The molecule has 0 aliphatic carbocycles. The van der Waals surface area contributed by atoms with Gasteiger partial charge in [-0.15, -0.1) is 0 Å². The van der Waals surface area contributed by atoms with Gasteiger partial charge in [-0.25, -0.2) is 0 Å². The zero-order chi connectivity index (χ0) is 21.7. The van der Waals surface area contributed by atoms with Gasteiger partial charge in [0.05, 0.1) is 25.5 Å². The molecule has 0 bridgehead atoms. The average molecular weight is 405 g/mol. The molecule has 1 aliphatic heterocycles. The van der Waals surface area contributed by atoms with Crippen molar-refractivity contribution in [3.63, 3.8) is 0 Å². The average Bonchev–Trinajstić information content (AvgIpc) is 3.05. The molecule has 2 amide bonds. The van der Waals surface area contributed by atoms with Gasteiger partial charge in [0.25, 0.3) is 11.8 Å². The van der Waals surface area contributed by atoms with Crippen LogP contribution in [0.2, 0.25) is 0 Å². The number of carbonyl (C=O) groups is 2. The Morgan fingerprint density at radius 2 is 1.87 bits per heavy atom. The number of nitrogens with zero attached hydrogens (tertiary/aromatic N) is 2. The van der Waals surface area contributed by atoms with Gasteiger partial charge in [0, 0.05) is 18.7 Å². The Bertz CT molecular complexity index is 1050. The van der Waals surface area contributed by atoms with E-state index in [2.05, 4.69) is 5.32 Å². The van der Waals surface area contributed by atoms with Crippen molar-refractivity contribution < 1.29 is 19.1 Å². The molecule has 2 aromatic carbocycles. The maximum absolute atomic E-state index is 12.8. The molecular formula is C23H23N3O4. The largest absolute Gasteiger partial charge is 0.493 e. The fourth-order valence-corrected chi connectivity index (χ4v) is 3.50. The standard InChI is InChI=1S/C23H23N3O4/c1-4-26-18-8-6-5-7-16(18)21(23(26)28)17(14-24)22(27)25-12-11-15-9-10-19(29-2)20(13-15)30-3/h5-10,13H,4,11-12H2,1-3H3,(H,25,27). The van der Waals surface area contributed by atoms with Crippen LogP contribution < -0.4 is 19.7 Å². The van der Waals surface area contributed by atoms with E-state index in [0.29, 0.717) is 42.3 Å². The molecule has 2 aromatic rings. The number of benzene rings is 2. The molecule has 0 atom stereocenters. The number of amides is 2. The third kappa shape index (κ3) is 3.85. The van der Waals surface area contributed by atoms with Crippen molar-refractivity contribution in [1.29, 1.82) is 5.26 Å². The van der Waals surface area contributed by atoms with Crippen LogP contribution in [0.15, 0.2) is 48.0 Å². The molecule has 7 nitrogen and oxygen atoms in total. The first-order chi connectivity index (χ1) is 14.5. The molecule has 1 heterocycles. The lowest BCUT2D eigenvalue weighted by atomic mass is 10.0. The van der Waals surface area contributed by atoms with Gasteiger partial charge in [-0.1, -0.05) is 24.3 Å². The van der Waals surface area contributed by atoms with E-state index in [0.717, 1.165) is 5.56 Å². The number of likely N-dealkylation sites (N-methyl/N-ethyl adjacent to an activating group) is 1. The van der Waals surface area contributed by atoms with Gasteiger partial charge in [-0.05, 0) is 37.1 Å². The molecule has 0 radical (unpaired) electrons. The summed E-state index contributed by atoms with van der Waals surface area (Å²) < 4.78 is 10.5. The molecule has 1 N–H and O–H groups in total. The van der Waals surface area contributed by atoms with Gasteiger partial charge >= 0.3 is 0 Å². The van der Waals surface area contributed by atoms with Crippen molar-refractivity contribution in [3.8, 4) is 17.6 Å². The molecule has 0 fully saturated rings. The first kappa shape index (κ1) is 20.9. The van der Waals surface area contributed by atoms with Crippen LogP contribution in [0.1, 0.15) is 18.1 Å². The molecule has 3 rings (SSSR count). The summed E-state index contributed by atoms with van der Waals surface area (Å²) >= 11 is 0. The number of hydrogen-bond acceptors (Lipinski definition) is 5. The highest BCUT2D eigenvalue weighted by molar-refractivity contribution is 6.37. The number of ether oxygens (including phenoxy) is 2. The lowest BCUT2D eigenvalue weighted by Crippen LogP contribution is -2.30. The first-order valence-electron chi connectivity index (χ1n) is 9.60. The van der Waals surface area contributed by atoms with Crippen molar-refractivity contribution >= 4 is 23.1 Å². The Morgan fingerprint density at radius 1 is 1.13 bits per heavy atom. The van der Waals surface area contributed by atoms with Crippen molar-refractivity contribution in [3.05, 3.63) is 59.2 Å². The number of hydrogen-bond donors (Lipinski definition) is 1. The second-order valence-electron chi connectivity index (χ2n) is 6.62. The highest BCUT2D eigenvalue weighted by Crippen LogP contribution is 2.38. The number of fused-ring (bicyclic) bond motifs is 1. The lowest BCUT2D eigenvalue weighted by molar-refractivity contribution is -0.117. The second-order valence-corrected chi connectivity index (χ2v) is 6.62. The van der Waals surface area contributed by atoms with Gasteiger partial charge in [0.15, 0.2) is 11.5 Å². The summed E-state index contributed by atoms with van der Waals surface area (Å²) in [4.78, 5) is 27.1. The van der Waals surface area contributed by atoms with Crippen LogP contribution in [-0.2, 0) is 16.0 Å². The molecule has 7 heteroatoms. The maximum Gasteiger partial charge on any atom is 0.262 e. The van der Waals surface area contributed by atoms with E-state index in [-0.39, 0.29) is 17.1 Å². The molecule has 0 saturated heterocycles. The van der Waals surface area contributed by atoms with Crippen molar-refractivity contribution in [2.45, 2.75) is 13.3 Å². The van der Waals surface area contributed by atoms with E-state index in [4.69, 9.17) is 9.47 Å². The number of anilines is 1. The SMILES string of the molecule is CCN1C(=O)C(=C(C#N)C(=O)NCCc2ccc(OC)c(OC)c2)c2ccccc21. The second kappa shape index (κ2) is 9.14. The van der Waals surface area contributed by atoms with E-state index < -0.39 is 5.91 Å².